The molecule has 6 N–H and O–H groups in total. The molecule has 1 amide bonds. The quantitative estimate of drug-likeness (QED) is 0.132. The molecule has 244 valence electrons. The van der Waals surface area contributed by atoms with E-state index in [4.69, 9.17) is 20.8 Å². The van der Waals surface area contributed by atoms with E-state index < -0.39 is 34.2 Å². The van der Waals surface area contributed by atoms with Crippen LogP contribution in [0.2, 0.25) is 0 Å². The van der Waals surface area contributed by atoms with Crippen LogP contribution in [0.5, 0.6) is 0 Å². The number of rotatable bonds is 10. The number of amides is 1. The molecule has 2 aromatic carbocycles. The third kappa shape index (κ3) is 6.79. The molecule has 12 heteroatoms. The third-order valence-corrected chi connectivity index (χ3v) is 11.7. The molecular formula is C33H48BN5O5S. The van der Waals surface area contributed by atoms with Crippen LogP contribution in [0.25, 0.3) is 11.1 Å². The summed E-state index contributed by atoms with van der Waals surface area (Å²) in [6.45, 7) is 14.5. The minimum absolute atomic E-state index is 0.0248. The molecule has 0 aromatic heterocycles. The van der Waals surface area contributed by atoms with Gasteiger partial charge in [0.15, 0.2) is 5.96 Å². The summed E-state index contributed by atoms with van der Waals surface area (Å²) < 4.78 is 42.7. The number of aliphatic imine (C=N–C) groups is 1. The molecule has 4 fully saturated rings. The van der Waals surface area contributed by atoms with Gasteiger partial charge in [-0.3, -0.25) is 9.79 Å². The molecule has 6 rings (SSSR count). The van der Waals surface area contributed by atoms with E-state index in [-0.39, 0.29) is 28.3 Å². The number of hydrogen-bond donors (Lipinski definition) is 4. The number of benzene rings is 2. The zero-order valence-electron chi connectivity index (χ0n) is 27.5. The fourth-order valence-corrected chi connectivity index (χ4v) is 9.23. The van der Waals surface area contributed by atoms with Gasteiger partial charge in [-0.15, -0.1) is 0 Å². The van der Waals surface area contributed by atoms with Crippen LogP contribution in [0.1, 0.15) is 83.1 Å². The summed E-state index contributed by atoms with van der Waals surface area (Å²) in [5.41, 5.74) is 12.6. The number of nitrogens with zero attached hydrogens (tertiary/aromatic N) is 1. The van der Waals surface area contributed by atoms with Gasteiger partial charge >= 0.3 is 7.12 Å². The zero-order valence-corrected chi connectivity index (χ0v) is 28.3. The van der Waals surface area contributed by atoms with Crippen LogP contribution in [-0.4, -0.2) is 57.1 Å². The number of aryl methyl sites for hydroxylation is 1. The molecule has 2 aromatic rings. The second kappa shape index (κ2) is 12.0. The number of carbonyl (C=O) groups excluding carboxylic acids is 1. The average molecular weight is 638 g/mol. The highest BCUT2D eigenvalue weighted by Gasteiger charge is 2.68. The number of nitrogens with one attached hydrogen (secondary N) is 2. The van der Waals surface area contributed by atoms with E-state index in [0.717, 1.165) is 18.4 Å². The SMILES string of the molecule is Cc1cc(C(=O)NC(CCCN=C(N)N)B2O[C@@H]3CC4CC(C4(C)C)[C@]3(C)O2)cc(-c2ccccc2S(=O)(=O)NC(C)(C)C)c1. The first-order valence-electron chi connectivity index (χ1n) is 15.9. The molecule has 1 aliphatic heterocycles. The van der Waals surface area contributed by atoms with E-state index in [1.807, 2.05) is 13.0 Å². The molecule has 1 heterocycles. The van der Waals surface area contributed by atoms with Crippen molar-refractivity contribution in [1.82, 2.24) is 10.0 Å². The lowest BCUT2D eigenvalue weighted by molar-refractivity contribution is -0.199. The zero-order chi connectivity index (χ0) is 32.9. The van der Waals surface area contributed by atoms with Crippen LogP contribution in [0.15, 0.2) is 52.4 Å². The van der Waals surface area contributed by atoms with Gasteiger partial charge in [-0.25, -0.2) is 13.1 Å². The highest BCUT2D eigenvalue weighted by atomic mass is 32.2. The van der Waals surface area contributed by atoms with Gasteiger partial charge in [-0.05, 0) is 107 Å². The summed E-state index contributed by atoms with van der Waals surface area (Å²) in [4.78, 5) is 18.2. The summed E-state index contributed by atoms with van der Waals surface area (Å²) in [6.07, 6.45) is 3.22. The van der Waals surface area contributed by atoms with Crippen LogP contribution < -0.4 is 21.5 Å². The minimum Gasteiger partial charge on any atom is -0.404 e. The first kappa shape index (κ1) is 33.4. The lowest BCUT2D eigenvalue weighted by atomic mass is 9.43. The molecule has 3 unspecified atom stereocenters. The van der Waals surface area contributed by atoms with Gasteiger partial charge in [0.05, 0.1) is 22.5 Å². The normalized spacial score (nSPS) is 26.0. The maximum Gasteiger partial charge on any atom is 0.481 e. The standard InChI is InChI=1S/C33H48BN5O5S/c1-20-15-21(24-11-8-9-12-25(24)45(41,42)39-31(2,3)4)17-22(16-20)29(40)38-28(13-10-14-37-30(35)36)34-43-27-19-23-18-26(32(23,5)6)33(27,7)44-34/h8-9,11-12,15-17,23,26-28,39H,10,13-14,18-19H2,1-7H3,(H,38,40)(H4,35,36,37)/t23?,26?,27-,28?,33+/m1/s1. The molecule has 3 saturated carbocycles. The Morgan fingerprint density at radius 1 is 1.13 bits per heavy atom. The molecule has 10 nitrogen and oxygen atoms in total. The Kier molecular flexibility index (Phi) is 8.93. The van der Waals surface area contributed by atoms with Gasteiger partial charge in [-0.1, -0.05) is 38.1 Å². The fourth-order valence-electron chi connectivity index (χ4n) is 7.59. The Balaban J connectivity index is 1.41. The maximum atomic E-state index is 13.9. The van der Waals surface area contributed by atoms with Crippen molar-refractivity contribution >= 4 is 29.0 Å². The van der Waals surface area contributed by atoms with E-state index in [1.165, 1.54) is 0 Å². The van der Waals surface area contributed by atoms with Gasteiger partial charge in [0.2, 0.25) is 10.0 Å². The number of nitrogens with two attached hydrogens (primary N) is 2. The van der Waals surface area contributed by atoms with Crippen molar-refractivity contribution in [3.05, 3.63) is 53.6 Å². The lowest BCUT2D eigenvalue weighted by Gasteiger charge is -2.64. The Labute approximate surface area is 268 Å². The van der Waals surface area contributed by atoms with Crippen molar-refractivity contribution in [3.8, 4) is 11.1 Å². The summed E-state index contributed by atoms with van der Waals surface area (Å²) >= 11 is 0. The molecule has 2 bridgehead atoms. The topological polar surface area (TPSA) is 158 Å². The van der Waals surface area contributed by atoms with Gasteiger partial charge in [0, 0.05) is 23.2 Å². The second-order valence-corrected chi connectivity index (χ2v) is 16.5. The Bertz CT molecular complexity index is 1590. The summed E-state index contributed by atoms with van der Waals surface area (Å²) in [7, 11) is -4.44. The minimum atomic E-state index is -3.83. The predicted molar refractivity (Wildman–Crippen MR) is 178 cm³/mol. The van der Waals surface area contributed by atoms with Crippen LogP contribution in [0.3, 0.4) is 0 Å². The molecular weight excluding hydrogens is 589 g/mol. The number of carbonyl (C=O) groups is 1. The molecule has 0 spiro atoms. The molecule has 1 saturated heterocycles. The van der Waals surface area contributed by atoms with Gasteiger partial charge < -0.3 is 26.1 Å². The molecule has 5 atom stereocenters. The fraction of sp³-hybridized carbons (Fsp3) is 0.576. The van der Waals surface area contributed by atoms with Crippen molar-refractivity contribution < 1.29 is 22.5 Å². The van der Waals surface area contributed by atoms with Crippen LogP contribution >= 0.6 is 0 Å². The number of hydrogen-bond acceptors (Lipinski definition) is 6. The van der Waals surface area contributed by atoms with E-state index >= 15 is 0 Å². The second-order valence-electron chi connectivity index (χ2n) is 14.8. The molecule has 45 heavy (non-hydrogen) atoms. The van der Waals surface area contributed by atoms with Crippen molar-refractivity contribution in [1.29, 1.82) is 0 Å². The van der Waals surface area contributed by atoms with Crippen molar-refractivity contribution in [3.63, 3.8) is 0 Å². The summed E-state index contributed by atoms with van der Waals surface area (Å²) in [6, 6.07) is 12.3. The smallest absolute Gasteiger partial charge is 0.404 e. The van der Waals surface area contributed by atoms with Gasteiger partial charge in [0.1, 0.15) is 0 Å². The third-order valence-electron chi connectivity index (χ3n) is 9.85. The Morgan fingerprint density at radius 3 is 2.51 bits per heavy atom. The maximum absolute atomic E-state index is 13.9. The van der Waals surface area contributed by atoms with E-state index in [2.05, 4.69) is 35.8 Å². The molecule has 4 aliphatic rings. The highest BCUT2D eigenvalue weighted by molar-refractivity contribution is 7.89. The first-order chi connectivity index (χ1) is 20.9. The van der Waals surface area contributed by atoms with Crippen LogP contribution in [-0.2, 0) is 19.3 Å². The van der Waals surface area contributed by atoms with Crippen molar-refractivity contribution in [2.75, 3.05) is 6.54 Å². The van der Waals surface area contributed by atoms with Gasteiger partial charge in [0.25, 0.3) is 5.91 Å². The molecule has 0 radical (unpaired) electrons. The molecule has 3 aliphatic carbocycles. The van der Waals surface area contributed by atoms with Crippen molar-refractivity contribution in [2.24, 2.45) is 33.7 Å². The van der Waals surface area contributed by atoms with E-state index in [0.29, 0.717) is 47.9 Å². The van der Waals surface area contributed by atoms with E-state index in [1.54, 1.807) is 57.2 Å². The van der Waals surface area contributed by atoms with Gasteiger partial charge in [-0.2, -0.15) is 0 Å². The van der Waals surface area contributed by atoms with Crippen molar-refractivity contribution in [2.45, 2.75) is 102 Å². The van der Waals surface area contributed by atoms with Crippen LogP contribution in [0, 0.1) is 24.2 Å². The predicted octanol–water partition coefficient (Wildman–Crippen LogP) is 4.16. The van der Waals surface area contributed by atoms with Crippen LogP contribution in [0.4, 0.5) is 0 Å². The Morgan fingerprint density at radius 2 is 1.84 bits per heavy atom. The summed E-state index contributed by atoms with van der Waals surface area (Å²) in [5, 5.41) is 3.19. The van der Waals surface area contributed by atoms with E-state index in [9.17, 15) is 13.2 Å². The number of sulfonamides is 1. The average Bonchev–Trinajstić information content (AvgIpc) is 3.30. The number of guanidine groups is 1. The summed E-state index contributed by atoms with van der Waals surface area (Å²) in [5.74, 6) is 0.282. The highest BCUT2D eigenvalue weighted by Crippen LogP contribution is 2.65. The Hall–Kier alpha value is -2.93. The largest absolute Gasteiger partial charge is 0.481 e. The monoisotopic (exact) mass is 637 g/mol. The first-order valence-corrected chi connectivity index (χ1v) is 17.3. The lowest BCUT2D eigenvalue weighted by Crippen LogP contribution is -2.65.